The molecule has 0 aliphatic carbocycles. The highest BCUT2D eigenvalue weighted by Gasteiger charge is 2.69. The van der Waals surface area contributed by atoms with Crippen LogP contribution in [0.3, 0.4) is 0 Å². The number of fused-ring (bicyclic) bond motifs is 1. The first-order valence-corrected chi connectivity index (χ1v) is 41.1. The van der Waals surface area contributed by atoms with Gasteiger partial charge in [0.05, 0.1) is 67.1 Å². The molecule has 8 aliphatic rings. The van der Waals surface area contributed by atoms with Crippen molar-refractivity contribution in [1.29, 1.82) is 0 Å². The fraction of sp³-hybridized carbons (Fsp3) is 0.815. The standard InChI is InChI=1S/C65H107BrO14Si3/c1-18-83(19-2,20-3)70-32-24-27-46-33-41(4)43(6)52(72-46)38-53-50(56(69-13)54(75-53)37-49(80-82(16,17)64(10,11)12)40-71-81(14,15)63(7,8)9)36-45(67)35-47-28-29-51-57(73-47)61-60-59(76-51)58-55(77-60)39-65(78-58,79-61)31-30-48(34-42(5)66)74-62(68)44-25-22-21-23-26-44/h21-23,25-26,41,46-61H,5-6,18-20,24,27-40H2,1-4,7-17H3/t41?,46?,47?,48?,49?,50?,51-,52?,53+,54-,55?,56-,57+,58?,59+,60?,61?,65+/m1/s1. The van der Waals surface area contributed by atoms with Crippen molar-refractivity contribution >= 4 is 52.6 Å². The lowest BCUT2D eigenvalue weighted by Crippen LogP contribution is -2.61. The molecular formula is C65H107BrO14Si3. The maximum Gasteiger partial charge on any atom is 0.338 e. The summed E-state index contributed by atoms with van der Waals surface area (Å²) in [6, 6.07) is 12.5. The minimum atomic E-state index is -2.28. The van der Waals surface area contributed by atoms with Gasteiger partial charge in [-0.15, -0.1) is 0 Å². The summed E-state index contributed by atoms with van der Waals surface area (Å²) >= 11 is 3.51. The van der Waals surface area contributed by atoms with E-state index in [1.165, 1.54) is 0 Å². The lowest BCUT2D eigenvalue weighted by atomic mass is 9.81. The third-order valence-electron chi connectivity index (χ3n) is 21.1. The van der Waals surface area contributed by atoms with E-state index in [1.807, 2.05) is 18.2 Å². The predicted molar refractivity (Wildman–Crippen MR) is 335 cm³/mol. The second-order valence-electron chi connectivity index (χ2n) is 28.8. The van der Waals surface area contributed by atoms with Crippen molar-refractivity contribution in [3.8, 4) is 0 Å². The van der Waals surface area contributed by atoms with Crippen molar-refractivity contribution in [2.24, 2.45) is 11.8 Å². The molecule has 0 amide bonds. The maximum absolute atomic E-state index is 15.0. The molecule has 6 bridgehead atoms. The molecule has 0 saturated carbocycles. The molecule has 8 fully saturated rings. The number of hydrogen-bond donors (Lipinski definition) is 0. The number of carbonyl (C=O) groups excluding carboxylic acids is 2. The van der Waals surface area contributed by atoms with Gasteiger partial charge in [0.25, 0.3) is 0 Å². The van der Waals surface area contributed by atoms with E-state index in [1.54, 1.807) is 19.2 Å². The number of rotatable bonds is 29. The summed E-state index contributed by atoms with van der Waals surface area (Å²) in [4.78, 5) is 28.2. The summed E-state index contributed by atoms with van der Waals surface area (Å²) in [5.41, 5.74) is 1.57. The van der Waals surface area contributed by atoms with Crippen molar-refractivity contribution in [2.75, 3.05) is 20.3 Å². The Balaban J connectivity index is 0.982. The maximum atomic E-state index is 15.0. The third-order valence-corrected chi connectivity index (χ3v) is 35.1. The van der Waals surface area contributed by atoms with E-state index in [2.05, 4.69) is 125 Å². The first-order chi connectivity index (χ1) is 39.0. The Morgan fingerprint density at radius 3 is 2.10 bits per heavy atom. The summed E-state index contributed by atoms with van der Waals surface area (Å²) < 4.78 is 83.3. The van der Waals surface area contributed by atoms with Crippen molar-refractivity contribution in [2.45, 2.75) is 304 Å². The third kappa shape index (κ3) is 15.9. The largest absolute Gasteiger partial charge is 0.458 e. The summed E-state index contributed by atoms with van der Waals surface area (Å²) in [6.07, 6.45) is 3.17. The molecule has 8 aliphatic heterocycles. The van der Waals surface area contributed by atoms with E-state index in [4.69, 9.17) is 55.9 Å². The van der Waals surface area contributed by atoms with Gasteiger partial charge in [0, 0.05) is 64.6 Å². The van der Waals surface area contributed by atoms with Crippen LogP contribution in [0.2, 0.25) is 54.4 Å². The van der Waals surface area contributed by atoms with E-state index in [0.717, 1.165) is 60.5 Å². The zero-order valence-electron chi connectivity index (χ0n) is 53.4. The van der Waals surface area contributed by atoms with Crippen LogP contribution in [0, 0.1) is 11.8 Å². The molecule has 0 spiro atoms. The highest BCUT2D eigenvalue weighted by molar-refractivity contribution is 9.11. The first-order valence-electron chi connectivity index (χ1n) is 31.9. The van der Waals surface area contributed by atoms with Gasteiger partial charge in [-0.25, -0.2) is 4.79 Å². The number of esters is 1. The molecule has 8 saturated heterocycles. The lowest BCUT2D eigenvalue weighted by Gasteiger charge is -2.47. The molecule has 83 heavy (non-hydrogen) atoms. The van der Waals surface area contributed by atoms with Crippen LogP contribution >= 0.6 is 15.9 Å². The van der Waals surface area contributed by atoms with Crippen LogP contribution in [0.5, 0.6) is 0 Å². The number of halogens is 1. The van der Waals surface area contributed by atoms with Gasteiger partial charge in [0.15, 0.2) is 30.7 Å². The molecule has 1 aromatic carbocycles. The molecule has 9 rings (SSSR count). The molecule has 470 valence electrons. The second-order valence-corrected chi connectivity index (χ2v) is 44.2. The summed E-state index contributed by atoms with van der Waals surface area (Å²) in [6.45, 7) is 41.9. The van der Waals surface area contributed by atoms with E-state index >= 15 is 0 Å². The summed E-state index contributed by atoms with van der Waals surface area (Å²) in [5.74, 6) is -1.25. The number of hydrogen-bond acceptors (Lipinski definition) is 14. The van der Waals surface area contributed by atoms with Crippen LogP contribution in [0.4, 0.5) is 0 Å². The monoisotopic (exact) mass is 1270 g/mol. The quantitative estimate of drug-likeness (QED) is 0.0325. The van der Waals surface area contributed by atoms with Crippen LogP contribution in [0.15, 0.2) is 53.5 Å². The van der Waals surface area contributed by atoms with Gasteiger partial charge in [-0.2, -0.15) is 0 Å². The van der Waals surface area contributed by atoms with Crippen LogP contribution < -0.4 is 0 Å². The van der Waals surface area contributed by atoms with Crippen LogP contribution in [-0.2, 0) is 60.7 Å². The van der Waals surface area contributed by atoms with E-state index in [-0.39, 0.29) is 120 Å². The average Bonchev–Trinajstić information content (AvgIpc) is 1.66. The van der Waals surface area contributed by atoms with Crippen LogP contribution in [-0.4, -0.2) is 154 Å². The van der Waals surface area contributed by atoms with Gasteiger partial charge >= 0.3 is 5.97 Å². The molecule has 0 aromatic heterocycles. The summed E-state index contributed by atoms with van der Waals surface area (Å²) in [7, 11) is -4.35. The molecule has 18 atom stereocenters. The molecule has 18 heteroatoms. The Kier molecular flexibility index (Phi) is 22.5. The minimum Gasteiger partial charge on any atom is -0.458 e. The predicted octanol–water partition coefficient (Wildman–Crippen LogP) is 14.3. The molecule has 1 aromatic rings. The van der Waals surface area contributed by atoms with Crippen LogP contribution in [0.25, 0.3) is 0 Å². The normalized spacial score (nSPS) is 34.4. The van der Waals surface area contributed by atoms with Crippen molar-refractivity contribution < 1.29 is 65.5 Å². The Morgan fingerprint density at radius 2 is 1.45 bits per heavy atom. The number of benzene rings is 1. The van der Waals surface area contributed by atoms with Crippen molar-refractivity contribution in [1.82, 2.24) is 0 Å². The van der Waals surface area contributed by atoms with Crippen molar-refractivity contribution in [3.05, 3.63) is 59.1 Å². The van der Waals surface area contributed by atoms with Crippen LogP contribution in [0.1, 0.15) is 163 Å². The van der Waals surface area contributed by atoms with Gasteiger partial charge in [0.2, 0.25) is 0 Å². The number of Topliss-reactive ketones (excluding diaryl/α,β-unsaturated/α-hetero) is 1. The number of carbonyl (C=O) groups is 2. The fourth-order valence-corrected chi connectivity index (χ4v) is 19.2. The minimum absolute atomic E-state index is 0.0211. The second kappa shape index (κ2) is 27.7. The van der Waals surface area contributed by atoms with Gasteiger partial charge in [-0.05, 0) is 121 Å². The van der Waals surface area contributed by atoms with Gasteiger partial charge < -0.3 is 55.9 Å². The molecule has 14 nitrogen and oxygen atoms in total. The van der Waals surface area contributed by atoms with Gasteiger partial charge in [0.1, 0.15) is 42.4 Å². The Hall–Kier alpha value is -1.47. The van der Waals surface area contributed by atoms with E-state index in [0.29, 0.717) is 57.1 Å². The first kappa shape index (κ1) is 67.5. The number of ketones is 1. The summed E-state index contributed by atoms with van der Waals surface area (Å²) in [5, 5.41) is 0.00586. The molecular weight excluding hydrogens is 1170 g/mol. The van der Waals surface area contributed by atoms with E-state index in [9.17, 15) is 9.59 Å². The van der Waals surface area contributed by atoms with Gasteiger partial charge in [-0.3, -0.25) is 4.79 Å². The Labute approximate surface area is 511 Å². The highest BCUT2D eigenvalue weighted by atomic mass is 79.9. The topological polar surface area (TPSA) is 145 Å². The van der Waals surface area contributed by atoms with Crippen molar-refractivity contribution in [3.63, 3.8) is 0 Å². The average molecular weight is 1280 g/mol. The van der Waals surface area contributed by atoms with Gasteiger partial charge in [-0.1, -0.05) is 117 Å². The zero-order chi connectivity index (χ0) is 60.5. The molecule has 0 N–H and O–H groups in total. The lowest BCUT2D eigenvalue weighted by molar-refractivity contribution is -0.292. The zero-order valence-corrected chi connectivity index (χ0v) is 58.0. The molecule has 0 radical (unpaired) electrons. The molecule has 11 unspecified atom stereocenters. The Morgan fingerprint density at radius 1 is 0.783 bits per heavy atom. The fourth-order valence-electron chi connectivity index (χ4n) is 13.8. The Bertz CT molecular complexity index is 2330. The number of methoxy groups -OCH3 is 1. The number of ether oxygens (including phenoxy) is 9. The highest BCUT2D eigenvalue weighted by Crippen LogP contribution is 2.54. The smallest absolute Gasteiger partial charge is 0.338 e. The SMILES string of the molecule is C=C(Br)CC(CC[C@@]12CC3OC4C(O1)[C@H]1OC(CC(=O)CC5[C@H](CC6OC(CCCO[Si](CC)(CC)CC)CC(C)C6=C)O[C@H](CC(CO[Si](C)(C)C(C)(C)C)O[Si](C)(C)C(C)(C)C)[C@@H]5OC)CC[C@H]1O[C@H]4C3O2)OC(=O)c1ccccc1. The van der Waals surface area contributed by atoms with E-state index < -0.39 is 49.1 Å². The molecule has 8 heterocycles.